The first-order valence-corrected chi connectivity index (χ1v) is 14.2. The van der Waals surface area contributed by atoms with Crippen LogP contribution in [0.2, 0.25) is 0 Å². The minimum absolute atomic E-state index is 0.0407. The van der Waals surface area contributed by atoms with Crippen LogP contribution in [0.25, 0.3) is 0 Å². The van der Waals surface area contributed by atoms with Crippen LogP contribution in [-0.2, 0) is 20.8 Å². The standard InChI is InChI=1S/C31H38N4O4/c1-34(27-14-15-27)30(38)23-10-5-13-26(19-23)32-28(36)18-21-7-4-12-25(17-21)33-29(37)24-11-6-16-35(20-24)31(39)22-8-2-3-9-22/h4-5,7,10,12-13,17,19,22,24,27H,2-3,6,8-9,11,14-16,18,20H2,1H3,(H,32,36)(H,33,37). The molecular formula is C31H38N4O4. The van der Waals surface area contributed by atoms with Crippen molar-refractivity contribution in [1.82, 2.24) is 9.80 Å². The normalized spacial score (nSPS) is 19.4. The zero-order valence-corrected chi connectivity index (χ0v) is 22.7. The lowest BCUT2D eigenvalue weighted by Crippen LogP contribution is -2.45. The number of carbonyl (C=O) groups excluding carboxylic acids is 4. The summed E-state index contributed by atoms with van der Waals surface area (Å²) in [5.74, 6) is -0.222. The molecule has 4 amide bonds. The van der Waals surface area contributed by atoms with E-state index in [4.69, 9.17) is 0 Å². The summed E-state index contributed by atoms with van der Waals surface area (Å²) < 4.78 is 0. The van der Waals surface area contributed by atoms with Gasteiger partial charge in [0.05, 0.1) is 12.3 Å². The number of hydrogen-bond donors (Lipinski definition) is 2. The van der Waals surface area contributed by atoms with E-state index in [0.29, 0.717) is 29.5 Å². The number of amides is 4. The second kappa shape index (κ2) is 12.0. The lowest BCUT2D eigenvalue weighted by atomic mass is 9.95. The van der Waals surface area contributed by atoms with E-state index in [1.807, 2.05) is 36.2 Å². The molecule has 1 aliphatic heterocycles. The average Bonchev–Trinajstić information content (AvgIpc) is 3.65. The molecule has 0 radical (unpaired) electrons. The second-order valence-corrected chi connectivity index (χ2v) is 11.2. The van der Waals surface area contributed by atoms with Crippen molar-refractivity contribution in [2.45, 2.75) is 63.8 Å². The number of carbonyl (C=O) groups is 4. The summed E-state index contributed by atoms with van der Waals surface area (Å²) >= 11 is 0. The first-order chi connectivity index (χ1) is 18.9. The predicted octanol–water partition coefficient (Wildman–Crippen LogP) is 4.47. The maximum atomic E-state index is 13.1. The van der Waals surface area contributed by atoms with E-state index in [1.165, 1.54) is 0 Å². The van der Waals surface area contributed by atoms with Gasteiger partial charge in [0.1, 0.15) is 0 Å². The maximum Gasteiger partial charge on any atom is 0.253 e. The van der Waals surface area contributed by atoms with Crippen molar-refractivity contribution in [3.63, 3.8) is 0 Å². The van der Waals surface area contributed by atoms with Crippen LogP contribution in [0.3, 0.4) is 0 Å². The lowest BCUT2D eigenvalue weighted by Gasteiger charge is -2.33. The molecule has 5 rings (SSSR count). The molecule has 206 valence electrons. The Hall–Kier alpha value is -3.68. The van der Waals surface area contributed by atoms with Crippen molar-refractivity contribution in [1.29, 1.82) is 0 Å². The van der Waals surface area contributed by atoms with Crippen LogP contribution in [0.15, 0.2) is 48.5 Å². The summed E-state index contributed by atoms with van der Waals surface area (Å²) in [4.78, 5) is 55.0. The van der Waals surface area contributed by atoms with Gasteiger partial charge < -0.3 is 20.4 Å². The van der Waals surface area contributed by atoms with E-state index in [9.17, 15) is 19.2 Å². The molecule has 2 saturated carbocycles. The van der Waals surface area contributed by atoms with Crippen LogP contribution in [0.5, 0.6) is 0 Å². The Morgan fingerprint density at radius 3 is 2.28 bits per heavy atom. The highest BCUT2D eigenvalue weighted by atomic mass is 16.2. The van der Waals surface area contributed by atoms with Crippen LogP contribution >= 0.6 is 0 Å². The number of piperidine rings is 1. The highest BCUT2D eigenvalue weighted by molar-refractivity contribution is 5.98. The van der Waals surface area contributed by atoms with Gasteiger partial charge in [0.25, 0.3) is 5.91 Å². The van der Waals surface area contributed by atoms with Crippen molar-refractivity contribution >= 4 is 35.0 Å². The van der Waals surface area contributed by atoms with Gasteiger partial charge in [0.15, 0.2) is 0 Å². The monoisotopic (exact) mass is 530 g/mol. The predicted molar refractivity (Wildman–Crippen MR) is 150 cm³/mol. The van der Waals surface area contributed by atoms with Crippen molar-refractivity contribution in [3.8, 4) is 0 Å². The third kappa shape index (κ3) is 6.85. The molecule has 3 aliphatic rings. The molecule has 0 aromatic heterocycles. The molecule has 3 fully saturated rings. The molecule has 2 aromatic carbocycles. The van der Waals surface area contributed by atoms with Gasteiger partial charge in [0.2, 0.25) is 17.7 Å². The number of nitrogens with zero attached hydrogens (tertiary/aromatic N) is 2. The minimum atomic E-state index is -0.231. The molecule has 8 heteroatoms. The van der Waals surface area contributed by atoms with Crippen molar-refractivity contribution < 1.29 is 19.2 Å². The Morgan fingerprint density at radius 1 is 0.846 bits per heavy atom. The summed E-state index contributed by atoms with van der Waals surface area (Å²) in [7, 11) is 1.82. The first kappa shape index (κ1) is 26.9. The zero-order valence-electron chi connectivity index (χ0n) is 22.7. The van der Waals surface area contributed by atoms with E-state index in [2.05, 4.69) is 10.6 Å². The highest BCUT2D eigenvalue weighted by Gasteiger charge is 2.33. The quantitative estimate of drug-likeness (QED) is 0.526. The summed E-state index contributed by atoms with van der Waals surface area (Å²) in [6, 6.07) is 14.6. The second-order valence-electron chi connectivity index (χ2n) is 11.2. The zero-order chi connectivity index (χ0) is 27.4. The molecule has 2 N–H and O–H groups in total. The Bertz CT molecular complexity index is 1230. The molecule has 8 nitrogen and oxygen atoms in total. The molecule has 1 heterocycles. The molecule has 1 atom stereocenters. The molecular weight excluding hydrogens is 492 g/mol. The summed E-state index contributed by atoms with van der Waals surface area (Å²) in [6.45, 7) is 1.21. The molecule has 1 saturated heterocycles. The Morgan fingerprint density at radius 2 is 1.54 bits per heavy atom. The number of benzene rings is 2. The van der Waals surface area contributed by atoms with Crippen molar-refractivity contribution in [2.75, 3.05) is 30.8 Å². The summed E-state index contributed by atoms with van der Waals surface area (Å²) in [5, 5.41) is 5.88. The molecule has 2 aromatic rings. The first-order valence-electron chi connectivity index (χ1n) is 14.2. The van der Waals surface area contributed by atoms with Crippen LogP contribution in [0, 0.1) is 11.8 Å². The largest absolute Gasteiger partial charge is 0.342 e. The highest BCUT2D eigenvalue weighted by Crippen LogP contribution is 2.29. The van der Waals surface area contributed by atoms with Gasteiger partial charge in [-0.2, -0.15) is 0 Å². The fourth-order valence-electron chi connectivity index (χ4n) is 5.78. The Balaban J connectivity index is 1.14. The fraction of sp³-hybridized carbons (Fsp3) is 0.484. The fourth-order valence-corrected chi connectivity index (χ4v) is 5.78. The van der Waals surface area contributed by atoms with E-state index in [-0.39, 0.29) is 41.9 Å². The van der Waals surface area contributed by atoms with Gasteiger partial charge in [0, 0.05) is 49.0 Å². The molecule has 1 unspecified atom stereocenters. The van der Waals surface area contributed by atoms with E-state index in [1.54, 1.807) is 29.2 Å². The molecule has 2 aliphatic carbocycles. The van der Waals surface area contributed by atoms with Crippen LogP contribution in [0.4, 0.5) is 11.4 Å². The third-order valence-electron chi connectivity index (χ3n) is 8.18. The minimum Gasteiger partial charge on any atom is -0.342 e. The van der Waals surface area contributed by atoms with Gasteiger partial charge in [-0.15, -0.1) is 0 Å². The van der Waals surface area contributed by atoms with Gasteiger partial charge in [-0.05, 0) is 74.4 Å². The van der Waals surface area contributed by atoms with Gasteiger partial charge in [-0.25, -0.2) is 0 Å². The molecule has 0 spiro atoms. The summed E-state index contributed by atoms with van der Waals surface area (Å²) in [5.41, 5.74) is 2.54. The third-order valence-corrected chi connectivity index (χ3v) is 8.18. The van der Waals surface area contributed by atoms with E-state index in [0.717, 1.165) is 63.5 Å². The van der Waals surface area contributed by atoms with E-state index < -0.39 is 0 Å². The van der Waals surface area contributed by atoms with Gasteiger partial charge >= 0.3 is 0 Å². The number of anilines is 2. The number of likely N-dealkylation sites (tertiary alicyclic amines) is 1. The Labute approximate surface area is 230 Å². The number of hydrogen-bond acceptors (Lipinski definition) is 4. The summed E-state index contributed by atoms with van der Waals surface area (Å²) in [6.07, 6.45) is 7.98. The number of rotatable bonds is 8. The van der Waals surface area contributed by atoms with Crippen LogP contribution in [-0.4, -0.2) is 59.6 Å². The van der Waals surface area contributed by atoms with E-state index >= 15 is 0 Å². The average molecular weight is 531 g/mol. The van der Waals surface area contributed by atoms with Gasteiger partial charge in [-0.3, -0.25) is 19.2 Å². The SMILES string of the molecule is CN(C(=O)c1cccc(NC(=O)Cc2cccc(NC(=O)C3CCCN(C(=O)C4CCCC4)C3)c2)c1)C1CC1. The van der Waals surface area contributed by atoms with Gasteiger partial charge in [-0.1, -0.05) is 31.0 Å². The molecule has 39 heavy (non-hydrogen) atoms. The van der Waals surface area contributed by atoms with Crippen molar-refractivity contribution in [2.24, 2.45) is 11.8 Å². The molecule has 0 bridgehead atoms. The topological polar surface area (TPSA) is 98.8 Å². The van der Waals surface area contributed by atoms with Crippen LogP contribution in [0.1, 0.15) is 67.3 Å². The Kier molecular flexibility index (Phi) is 8.29. The van der Waals surface area contributed by atoms with Crippen molar-refractivity contribution in [3.05, 3.63) is 59.7 Å². The van der Waals surface area contributed by atoms with Crippen LogP contribution < -0.4 is 10.6 Å². The smallest absolute Gasteiger partial charge is 0.253 e. The maximum absolute atomic E-state index is 13.1. The lowest BCUT2D eigenvalue weighted by molar-refractivity contribution is -0.138. The number of nitrogens with one attached hydrogen (secondary N) is 2.